The Morgan fingerprint density at radius 3 is 3.09 bits per heavy atom. The largest absolute Gasteiger partial charge is 0.352 e. The number of nitrogens with zero attached hydrogens (tertiary/aromatic N) is 1. The standard InChI is InChI=1S/C8H10N2O/c1-7(10-6-11)8-3-2-4-9-5-8/h2-7H,1H3,(H,10,11)/t7-/m1/s1. The summed E-state index contributed by atoms with van der Waals surface area (Å²) in [5.74, 6) is 0. The summed E-state index contributed by atoms with van der Waals surface area (Å²) in [6.07, 6.45) is 4.13. The first-order valence-electron chi connectivity index (χ1n) is 3.44. The maximum Gasteiger partial charge on any atom is 0.207 e. The van der Waals surface area contributed by atoms with Crippen LogP contribution in [0.15, 0.2) is 24.5 Å². The first-order chi connectivity index (χ1) is 5.34. The zero-order chi connectivity index (χ0) is 8.10. The second-order valence-electron chi connectivity index (χ2n) is 2.29. The molecule has 1 N–H and O–H groups in total. The van der Waals surface area contributed by atoms with Crippen LogP contribution in [0.1, 0.15) is 18.5 Å². The van der Waals surface area contributed by atoms with Crippen molar-refractivity contribution in [3.05, 3.63) is 30.1 Å². The van der Waals surface area contributed by atoms with Gasteiger partial charge in [-0.1, -0.05) is 6.07 Å². The molecule has 1 aromatic heterocycles. The first kappa shape index (κ1) is 7.72. The topological polar surface area (TPSA) is 42.0 Å². The fourth-order valence-electron chi connectivity index (χ4n) is 0.830. The molecule has 58 valence electrons. The smallest absolute Gasteiger partial charge is 0.207 e. The number of amides is 1. The van der Waals surface area contributed by atoms with Crippen LogP contribution in [0.25, 0.3) is 0 Å². The Hall–Kier alpha value is -1.38. The summed E-state index contributed by atoms with van der Waals surface area (Å²) in [6.45, 7) is 1.91. The van der Waals surface area contributed by atoms with Crippen molar-refractivity contribution in [2.45, 2.75) is 13.0 Å². The molecule has 1 atom stereocenters. The molecule has 0 saturated carbocycles. The van der Waals surface area contributed by atoms with Crippen LogP contribution in [-0.4, -0.2) is 11.4 Å². The van der Waals surface area contributed by atoms with E-state index in [1.807, 2.05) is 19.1 Å². The summed E-state index contributed by atoms with van der Waals surface area (Å²) in [5.41, 5.74) is 1.01. The van der Waals surface area contributed by atoms with Crippen LogP contribution in [0.5, 0.6) is 0 Å². The van der Waals surface area contributed by atoms with Gasteiger partial charge >= 0.3 is 0 Å². The number of hydrogen-bond donors (Lipinski definition) is 1. The van der Waals surface area contributed by atoms with E-state index in [0.717, 1.165) is 5.56 Å². The Morgan fingerprint density at radius 1 is 1.73 bits per heavy atom. The molecule has 0 unspecified atom stereocenters. The number of rotatable bonds is 3. The van der Waals surface area contributed by atoms with Gasteiger partial charge in [-0.15, -0.1) is 0 Å². The molecule has 1 amide bonds. The highest BCUT2D eigenvalue weighted by molar-refractivity contribution is 5.47. The summed E-state index contributed by atoms with van der Waals surface area (Å²) in [7, 11) is 0. The number of carbonyl (C=O) groups excluding carboxylic acids is 1. The molecule has 0 saturated heterocycles. The van der Waals surface area contributed by atoms with E-state index in [1.54, 1.807) is 12.4 Å². The van der Waals surface area contributed by atoms with Crippen molar-refractivity contribution in [3.63, 3.8) is 0 Å². The average molecular weight is 150 g/mol. The van der Waals surface area contributed by atoms with Crippen LogP contribution in [0.2, 0.25) is 0 Å². The molecular formula is C8H10N2O. The van der Waals surface area contributed by atoms with Crippen molar-refractivity contribution >= 4 is 6.41 Å². The monoisotopic (exact) mass is 150 g/mol. The molecular weight excluding hydrogens is 140 g/mol. The summed E-state index contributed by atoms with van der Waals surface area (Å²) in [6, 6.07) is 3.81. The van der Waals surface area contributed by atoms with Gasteiger partial charge in [0.15, 0.2) is 0 Å². The van der Waals surface area contributed by atoms with Crippen molar-refractivity contribution in [2.75, 3.05) is 0 Å². The highest BCUT2D eigenvalue weighted by Crippen LogP contribution is 2.07. The van der Waals surface area contributed by atoms with Crippen molar-refractivity contribution < 1.29 is 4.79 Å². The van der Waals surface area contributed by atoms with Gasteiger partial charge in [-0.25, -0.2) is 0 Å². The first-order valence-corrected chi connectivity index (χ1v) is 3.44. The van der Waals surface area contributed by atoms with Crippen LogP contribution in [0.3, 0.4) is 0 Å². The molecule has 3 heteroatoms. The van der Waals surface area contributed by atoms with E-state index in [-0.39, 0.29) is 6.04 Å². The molecule has 0 bridgehead atoms. The van der Waals surface area contributed by atoms with Crippen molar-refractivity contribution in [1.29, 1.82) is 0 Å². The number of pyridine rings is 1. The van der Waals surface area contributed by atoms with Crippen LogP contribution >= 0.6 is 0 Å². The predicted octanol–water partition coefficient (Wildman–Crippen LogP) is 0.889. The molecule has 3 nitrogen and oxygen atoms in total. The van der Waals surface area contributed by atoms with Crippen LogP contribution in [-0.2, 0) is 4.79 Å². The Kier molecular flexibility index (Phi) is 2.60. The van der Waals surface area contributed by atoms with Gasteiger partial charge in [0.2, 0.25) is 6.41 Å². The molecule has 0 fully saturated rings. The van der Waals surface area contributed by atoms with E-state index in [4.69, 9.17) is 0 Å². The minimum Gasteiger partial charge on any atom is -0.352 e. The lowest BCUT2D eigenvalue weighted by Gasteiger charge is -2.08. The quantitative estimate of drug-likeness (QED) is 0.650. The highest BCUT2D eigenvalue weighted by Gasteiger charge is 2.00. The van der Waals surface area contributed by atoms with Gasteiger partial charge in [0.1, 0.15) is 0 Å². The molecule has 0 spiro atoms. The predicted molar refractivity (Wildman–Crippen MR) is 41.9 cm³/mol. The Balaban J connectivity index is 2.68. The van der Waals surface area contributed by atoms with E-state index < -0.39 is 0 Å². The minimum absolute atomic E-state index is 0.0428. The van der Waals surface area contributed by atoms with Gasteiger partial charge < -0.3 is 5.32 Å². The second-order valence-corrected chi connectivity index (χ2v) is 2.29. The number of hydrogen-bond acceptors (Lipinski definition) is 2. The molecule has 0 aromatic carbocycles. The molecule has 1 rings (SSSR count). The SMILES string of the molecule is C[C@@H](NC=O)c1cccnc1. The molecule has 1 heterocycles. The maximum atomic E-state index is 10.1. The molecule has 11 heavy (non-hydrogen) atoms. The molecule has 0 aliphatic rings. The fourth-order valence-corrected chi connectivity index (χ4v) is 0.830. The third-order valence-electron chi connectivity index (χ3n) is 1.50. The van der Waals surface area contributed by atoms with Crippen LogP contribution in [0.4, 0.5) is 0 Å². The van der Waals surface area contributed by atoms with Gasteiger partial charge in [-0.05, 0) is 18.6 Å². The third kappa shape index (κ3) is 2.04. The number of carbonyl (C=O) groups is 1. The van der Waals surface area contributed by atoms with Crippen molar-refractivity contribution in [2.24, 2.45) is 0 Å². The van der Waals surface area contributed by atoms with E-state index in [1.165, 1.54) is 0 Å². The van der Waals surface area contributed by atoms with E-state index >= 15 is 0 Å². The summed E-state index contributed by atoms with van der Waals surface area (Å²) < 4.78 is 0. The molecule has 0 aliphatic heterocycles. The summed E-state index contributed by atoms with van der Waals surface area (Å²) in [4.78, 5) is 14.0. The lowest BCUT2D eigenvalue weighted by Crippen LogP contribution is -2.15. The summed E-state index contributed by atoms with van der Waals surface area (Å²) >= 11 is 0. The molecule has 0 aliphatic carbocycles. The van der Waals surface area contributed by atoms with Crippen molar-refractivity contribution in [1.82, 2.24) is 10.3 Å². The van der Waals surface area contributed by atoms with Crippen LogP contribution < -0.4 is 5.32 Å². The van der Waals surface area contributed by atoms with Gasteiger partial charge in [0.25, 0.3) is 0 Å². The molecule has 0 radical (unpaired) electrons. The lowest BCUT2D eigenvalue weighted by atomic mass is 10.1. The second kappa shape index (κ2) is 3.71. The number of aromatic nitrogens is 1. The van der Waals surface area contributed by atoms with Crippen LogP contribution in [0, 0.1) is 0 Å². The fraction of sp³-hybridized carbons (Fsp3) is 0.250. The Labute approximate surface area is 65.5 Å². The zero-order valence-corrected chi connectivity index (χ0v) is 6.32. The van der Waals surface area contributed by atoms with Gasteiger partial charge in [-0.3, -0.25) is 9.78 Å². The highest BCUT2D eigenvalue weighted by atomic mass is 16.1. The Bertz CT molecular complexity index is 223. The third-order valence-corrected chi connectivity index (χ3v) is 1.50. The van der Waals surface area contributed by atoms with Gasteiger partial charge in [0.05, 0.1) is 6.04 Å². The van der Waals surface area contributed by atoms with Gasteiger partial charge in [0, 0.05) is 12.4 Å². The van der Waals surface area contributed by atoms with Crippen molar-refractivity contribution in [3.8, 4) is 0 Å². The zero-order valence-electron chi connectivity index (χ0n) is 6.32. The normalized spacial score (nSPS) is 12.1. The average Bonchev–Trinajstić information content (AvgIpc) is 2.07. The Morgan fingerprint density at radius 2 is 2.55 bits per heavy atom. The lowest BCUT2D eigenvalue weighted by molar-refractivity contribution is -0.110. The summed E-state index contributed by atoms with van der Waals surface area (Å²) in [5, 5.41) is 2.64. The maximum absolute atomic E-state index is 10.1. The minimum atomic E-state index is 0.0428. The van der Waals surface area contributed by atoms with Gasteiger partial charge in [-0.2, -0.15) is 0 Å². The van der Waals surface area contributed by atoms with E-state index in [9.17, 15) is 4.79 Å². The van der Waals surface area contributed by atoms with E-state index in [0.29, 0.717) is 6.41 Å². The molecule has 1 aromatic rings. The number of nitrogens with one attached hydrogen (secondary N) is 1. The van der Waals surface area contributed by atoms with E-state index in [2.05, 4.69) is 10.3 Å².